The van der Waals surface area contributed by atoms with Gasteiger partial charge in [0.1, 0.15) is 5.69 Å². The Bertz CT molecular complexity index is 1170. The summed E-state index contributed by atoms with van der Waals surface area (Å²) in [7, 11) is -3.98. The van der Waals surface area contributed by atoms with Gasteiger partial charge in [-0.15, -0.1) is 0 Å². The van der Waals surface area contributed by atoms with Gasteiger partial charge in [-0.05, 0) is 18.2 Å². The zero-order valence-corrected chi connectivity index (χ0v) is 17.4. The van der Waals surface area contributed by atoms with Crippen molar-refractivity contribution in [2.75, 3.05) is 31.2 Å². The molecule has 1 aromatic heterocycles. The number of esters is 1. The Labute approximate surface area is 179 Å². The molecule has 1 saturated heterocycles. The van der Waals surface area contributed by atoms with Crippen LogP contribution >= 0.6 is 0 Å². The fourth-order valence-corrected chi connectivity index (χ4v) is 3.82. The monoisotopic (exact) mass is 443 g/mol. The van der Waals surface area contributed by atoms with Gasteiger partial charge >= 0.3 is 5.97 Å². The van der Waals surface area contributed by atoms with E-state index in [0.717, 1.165) is 5.56 Å². The SMILES string of the molecule is NS(=O)(=O)c1ccc(N2CCOCC2)c(C(=O)OCc2cc(-c3ccccc3)no2)c1. The van der Waals surface area contributed by atoms with Crippen molar-refractivity contribution in [1.29, 1.82) is 0 Å². The first-order valence-electron chi connectivity index (χ1n) is 9.59. The second-order valence-corrected chi connectivity index (χ2v) is 8.51. The molecule has 2 N–H and O–H groups in total. The van der Waals surface area contributed by atoms with E-state index in [1.165, 1.54) is 12.1 Å². The number of aromatic nitrogens is 1. The first-order valence-corrected chi connectivity index (χ1v) is 11.1. The number of primary sulfonamides is 1. The fourth-order valence-electron chi connectivity index (χ4n) is 3.28. The highest BCUT2D eigenvalue weighted by atomic mass is 32.2. The lowest BCUT2D eigenvalue weighted by atomic mass is 10.1. The van der Waals surface area contributed by atoms with E-state index in [4.69, 9.17) is 19.1 Å². The molecule has 2 aromatic carbocycles. The highest BCUT2D eigenvalue weighted by Crippen LogP contribution is 2.26. The Morgan fingerprint density at radius 3 is 2.55 bits per heavy atom. The normalized spacial score (nSPS) is 14.4. The molecule has 1 aliphatic heterocycles. The van der Waals surface area contributed by atoms with Gasteiger partial charge in [-0.3, -0.25) is 0 Å². The quantitative estimate of drug-likeness (QED) is 0.575. The van der Waals surface area contributed by atoms with Crippen LogP contribution in [0.5, 0.6) is 0 Å². The minimum absolute atomic E-state index is 0.108. The van der Waals surface area contributed by atoms with E-state index in [0.29, 0.717) is 43.4 Å². The Kier molecular flexibility index (Phi) is 6.03. The van der Waals surface area contributed by atoms with Crippen molar-refractivity contribution in [3.8, 4) is 11.3 Å². The van der Waals surface area contributed by atoms with Crippen LogP contribution in [0.2, 0.25) is 0 Å². The number of benzene rings is 2. The van der Waals surface area contributed by atoms with Gasteiger partial charge < -0.3 is 18.9 Å². The molecule has 0 aliphatic carbocycles. The zero-order chi connectivity index (χ0) is 21.8. The summed E-state index contributed by atoms with van der Waals surface area (Å²) in [5, 5.41) is 9.23. The van der Waals surface area contributed by atoms with E-state index in [9.17, 15) is 13.2 Å². The molecule has 0 atom stereocenters. The van der Waals surface area contributed by atoms with Gasteiger partial charge in [0, 0.05) is 24.7 Å². The Hall–Kier alpha value is -3.21. The smallest absolute Gasteiger partial charge is 0.340 e. The van der Waals surface area contributed by atoms with Crippen LogP contribution in [-0.4, -0.2) is 45.8 Å². The van der Waals surface area contributed by atoms with Crippen LogP contribution in [0.15, 0.2) is 64.0 Å². The molecular weight excluding hydrogens is 422 g/mol. The summed E-state index contributed by atoms with van der Waals surface area (Å²) in [4.78, 5) is 14.6. The maximum Gasteiger partial charge on any atom is 0.340 e. The van der Waals surface area contributed by atoms with Gasteiger partial charge in [0.05, 0.1) is 29.4 Å². The molecular formula is C21H21N3O6S. The van der Waals surface area contributed by atoms with Gasteiger partial charge in [0.15, 0.2) is 12.4 Å². The third-order valence-corrected chi connectivity index (χ3v) is 5.75. The van der Waals surface area contributed by atoms with Gasteiger partial charge in [-0.1, -0.05) is 35.5 Å². The molecule has 31 heavy (non-hydrogen) atoms. The molecule has 0 bridgehead atoms. The lowest BCUT2D eigenvalue weighted by molar-refractivity contribution is 0.0437. The van der Waals surface area contributed by atoms with Gasteiger partial charge in [0.25, 0.3) is 0 Å². The highest BCUT2D eigenvalue weighted by molar-refractivity contribution is 7.89. The van der Waals surface area contributed by atoms with Crippen LogP contribution in [0.25, 0.3) is 11.3 Å². The van der Waals surface area contributed by atoms with Crippen LogP contribution in [-0.2, 0) is 26.1 Å². The number of carbonyl (C=O) groups is 1. The fraction of sp³-hybridized carbons (Fsp3) is 0.238. The summed E-state index contributed by atoms with van der Waals surface area (Å²) in [5.74, 6) is -0.327. The molecule has 2 heterocycles. The predicted molar refractivity (Wildman–Crippen MR) is 112 cm³/mol. The van der Waals surface area contributed by atoms with Crippen molar-refractivity contribution in [2.24, 2.45) is 5.14 Å². The maximum atomic E-state index is 12.9. The summed E-state index contributed by atoms with van der Waals surface area (Å²) in [6.45, 7) is 1.99. The lowest BCUT2D eigenvalue weighted by Gasteiger charge is -2.30. The minimum Gasteiger partial charge on any atom is -0.454 e. The number of nitrogens with two attached hydrogens (primary N) is 1. The number of ether oxygens (including phenoxy) is 2. The summed E-state index contributed by atoms with van der Waals surface area (Å²) >= 11 is 0. The van der Waals surface area contributed by atoms with Crippen LogP contribution < -0.4 is 10.0 Å². The average molecular weight is 443 g/mol. The molecule has 0 amide bonds. The van der Waals surface area contributed by atoms with Crippen molar-refractivity contribution in [2.45, 2.75) is 11.5 Å². The Morgan fingerprint density at radius 1 is 1.10 bits per heavy atom. The molecule has 0 spiro atoms. The summed E-state index contributed by atoms with van der Waals surface area (Å²) < 4.78 is 39.6. The zero-order valence-electron chi connectivity index (χ0n) is 16.6. The molecule has 1 aliphatic rings. The van der Waals surface area contributed by atoms with E-state index >= 15 is 0 Å². The molecule has 9 nitrogen and oxygen atoms in total. The largest absolute Gasteiger partial charge is 0.454 e. The third-order valence-electron chi connectivity index (χ3n) is 4.84. The number of anilines is 1. The summed E-state index contributed by atoms with van der Waals surface area (Å²) in [6.07, 6.45) is 0. The molecule has 4 rings (SSSR count). The molecule has 1 fully saturated rings. The average Bonchev–Trinajstić information content (AvgIpc) is 3.27. The maximum absolute atomic E-state index is 12.9. The summed E-state index contributed by atoms with van der Waals surface area (Å²) in [5.41, 5.74) is 2.16. The Morgan fingerprint density at radius 2 is 1.84 bits per heavy atom. The number of hydrogen-bond donors (Lipinski definition) is 1. The number of hydrogen-bond acceptors (Lipinski definition) is 8. The van der Waals surface area contributed by atoms with Gasteiger partial charge in [0.2, 0.25) is 10.0 Å². The number of rotatable bonds is 6. The number of morpholine rings is 1. The van der Waals surface area contributed by atoms with E-state index in [2.05, 4.69) is 5.16 Å². The topological polar surface area (TPSA) is 125 Å². The van der Waals surface area contributed by atoms with E-state index < -0.39 is 16.0 Å². The molecule has 162 valence electrons. The summed E-state index contributed by atoms with van der Waals surface area (Å²) in [6, 6.07) is 15.3. The molecule has 0 unspecified atom stereocenters. The van der Waals surface area contributed by atoms with Crippen LogP contribution in [0.1, 0.15) is 16.1 Å². The second-order valence-electron chi connectivity index (χ2n) is 6.94. The van der Waals surface area contributed by atoms with Crippen molar-refractivity contribution in [1.82, 2.24) is 5.16 Å². The first kappa shape index (κ1) is 21.0. The van der Waals surface area contributed by atoms with Crippen LogP contribution in [0.3, 0.4) is 0 Å². The van der Waals surface area contributed by atoms with Crippen molar-refractivity contribution in [3.05, 3.63) is 65.9 Å². The van der Waals surface area contributed by atoms with Crippen LogP contribution in [0.4, 0.5) is 5.69 Å². The van der Waals surface area contributed by atoms with E-state index in [1.807, 2.05) is 35.2 Å². The number of nitrogens with zero attached hydrogens (tertiary/aromatic N) is 2. The first-order chi connectivity index (χ1) is 14.9. The molecule has 0 radical (unpaired) electrons. The number of carbonyl (C=O) groups excluding carboxylic acids is 1. The minimum atomic E-state index is -3.98. The second kappa shape index (κ2) is 8.88. The van der Waals surface area contributed by atoms with Crippen molar-refractivity contribution >= 4 is 21.7 Å². The standard InChI is InChI=1S/C21H21N3O6S/c22-31(26,27)17-6-7-20(24-8-10-28-11-9-24)18(13-17)21(25)29-14-16-12-19(23-30-16)15-4-2-1-3-5-15/h1-7,12-13H,8-11,14H2,(H2,22,26,27). The molecule has 0 saturated carbocycles. The Balaban J connectivity index is 1.55. The highest BCUT2D eigenvalue weighted by Gasteiger charge is 2.23. The van der Waals surface area contributed by atoms with Gasteiger partial charge in [-0.2, -0.15) is 0 Å². The van der Waals surface area contributed by atoms with Crippen molar-refractivity contribution < 1.29 is 27.2 Å². The molecule has 3 aromatic rings. The van der Waals surface area contributed by atoms with E-state index in [1.54, 1.807) is 12.1 Å². The third kappa shape index (κ3) is 4.93. The molecule has 10 heteroatoms. The van der Waals surface area contributed by atoms with E-state index in [-0.39, 0.29) is 17.1 Å². The number of sulfonamides is 1. The lowest BCUT2D eigenvalue weighted by Crippen LogP contribution is -2.37. The van der Waals surface area contributed by atoms with Gasteiger partial charge in [-0.25, -0.2) is 18.4 Å². The van der Waals surface area contributed by atoms with Crippen LogP contribution in [0, 0.1) is 0 Å². The van der Waals surface area contributed by atoms with Crippen molar-refractivity contribution in [3.63, 3.8) is 0 Å². The predicted octanol–water partition coefficient (Wildman–Crippen LogP) is 2.18.